The molecule has 0 radical (unpaired) electrons. The van der Waals surface area contributed by atoms with Gasteiger partial charge in [0.25, 0.3) is 11.5 Å². The molecule has 2 aliphatic heterocycles. The molecule has 0 aliphatic carbocycles. The Labute approximate surface area is 281 Å². The molecule has 2 amide bonds. The number of aromatic nitrogens is 4. The zero-order valence-electron chi connectivity index (χ0n) is 26.7. The Morgan fingerprint density at radius 3 is 2.56 bits per heavy atom. The van der Waals surface area contributed by atoms with Gasteiger partial charge in [-0.2, -0.15) is 0 Å². The number of halogens is 1. The maximum absolute atomic E-state index is 15.1. The van der Waals surface area contributed by atoms with E-state index in [1.165, 1.54) is 17.0 Å². The Hall–Kier alpha value is -4.68. The maximum Gasteiger partial charge on any atom is 0.266 e. The molecule has 10 nitrogen and oxygen atoms in total. The van der Waals surface area contributed by atoms with Crippen LogP contribution in [0.2, 0.25) is 0 Å². The normalized spacial score (nSPS) is 19.5. The number of fused-ring (bicyclic) bond motifs is 1. The number of aryl methyl sites for hydroxylation is 1. The van der Waals surface area contributed by atoms with Gasteiger partial charge in [-0.3, -0.25) is 23.9 Å². The van der Waals surface area contributed by atoms with Gasteiger partial charge in [-0.15, -0.1) is 11.3 Å². The number of benzene rings is 1. The molecule has 1 aromatic carbocycles. The fourth-order valence-electron chi connectivity index (χ4n) is 7.11. The topological polar surface area (TPSA) is 114 Å². The Balaban J connectivity index is 1.05. The highest BCUT2D eigenvalue weighted by Gasteiger charge is 2.42. The molecule has 1 N–H and O–H groups in total. The van der Waals surface area contributed by atoms with E-state index in [2.05, 4.69) is 9.97 Å². The van der Waals surface area contributed by atoms with E-state index in [0.29, 0.717) is 61.4 Å². The second-order valence-corrected chi connectivity index (χ2v) is 13.8. The average Bonchev–Trinajstić information content (AvgIpc) is 3.73. The second kappa shape index (κ2) is 13.1. The summed E-state index contributed by atoms with van der Waals surface area (Å²) in [4.78, 5) is 53.7. The first-order valence-corrected chi connectivity index (χ1v) is 17.2. The quantitative estimate of drug-likeness (QED) is 0.267. The predicted molar refractivity (Wildman–Crippen MR) is 181 cm³/mol. The molecule has 4 aromatic heterocycles. The van der Waals surface area contributed by atoms with Crippen LogP contribution in [0, 0.1) is 11.7 Å². The number of thiophene rings is 1. The van der Waals surface area contributed by atoms with E-state index in [1.807, 2.05) is 54.1 Å². The molecule has 6 heterocycles. The molecule has 5 aromatic rings. The van der Waals surface area contributed by atoms with Crippen molar-refractivity contribution in [2.24, 2.45) is 5.92 Å². The molecule has 2 atom stereocenters. The number of piperidine rings is 2. The van der Waals surface area contributed by atoms with Crippen molar-refractivity contribution in [3.05, 3.63) is 106 Å². The summed E-state index contributed by atoms with van der Waals surface area (Å²) in [5.74, 6) is -1.60. The molecule has 2 saturated heterocycles. The van der Waals surface area contributed by atoms with Crippen molar-refractivity contribution in [3.8, 4) is 10.4 Å². The minimum Gasteiger partial charge on any atom is -0.388 e. The number of aliphatic hydroxyl groups is 1. The summed E-state index contributed by atoms with van der Waals surface area (Å²) in [5, 5.41) is 12.0. The van der Waals surface area contributed by atoms with Gasteiger partial charge in [0.15, 0.2) is 0 Å². The molecule has 2 aliphatic rings. The van der Waals surface area contributed by atoms with Crippen molar-refractivity contribution in [1.29, 1.82) is 0 Å². The molecule has 2 fully saturated rings. The number of amides is 2. The lowest BCUT2D eigenvalue weighted by molar-refractivity contribution is -0.142. The smallest absolute Gasteiger partial charge is 0.266 e. The number of hydrogen-bond donors (Lipinski definition) is 1. The lowest BCUT2D eigenvalue weighted by Crippen LogP contribution is -2.53. The highest BCUT2D eigenvalue weighted by molar-refractivity contribution is 7.17. The van der Waals surface area contributed by atoms with Gasteiger partial charge < -0.3 is 19.5 Å². The summed E-state index contributed by atoms with van der Waals surface area (Å²) in [6, 6.07) is 16.4. The van der Waals surface area contributed by atoms with Crippen LogP contribution in [-0.4, -0.2) is 77.6 Å². The molecule has 0 unspecified atom stereocenters. The zero-order chi connectivity index (χ0) is 33.4. The average molecular weight is 669 g/mol. The van der Waals surface area contributed by atoms with Crippen molar-refractivity contribution in [2.75, 3.05) is 26.2 Å². The van der Waals surface area contributed by atoms with Crippen LogP contribution in [0.25, 0.3) is 21.5 Å². The summed E-state index contributed by atoms with van der Waals surface area (Å²) >= 11 is 1.11. The van der Waals surface area contributed by atoms with E-state index in [1.54, 1.807) is 34.3 Å². The van der Waals surface area contributed by atoms with Crippen LogP contribution >= 0.6 is 11.3 Å². The Morgan fingerprint density at radius 2 is 1.83 bits per heavy atom. The molecule has 7 rings (SSSR count). The van der Waals surface area contributed by atoms with Gasteiger partial charge in [0.05, 0.1) is 17.5 Å². The molecule has 248 valence electrons. The van der Waals surface area contributed by atoms with Crippen molar-refractivity contribution in [2.45, 2.75) is 50.8 Å². The van der Waals surface area contributed by atoms with Gasteiger partial charge in [-0.1, -0.05) is 36.4 Å². The van der Waals surface area contributed by atoms with Crippen LogP contribution in [0.1, 0.15) is 47.3 Å². The summed E-state index contributed by atoms with van der Waals surface area (Å²) in [7, 11) is 0. The van der Waals surface area contributed by atoms with E-state index in [0.717, 1.165) is 22.5 Å². The summed E-state index contributed by atoms with van der Waals surface area (Å²) in [5.41, 5.74) is 0.974. The van der Waals surface area contributed by atoms with Gasteiger partial charge in [0.1, 0.15) is 22.7 Å². The molecule has 0 saturated carbocycles. The zero-order valence-corrected chi connectivity index (χ0v) is 27.5. The number of nitrogens with zero attached hydrogens (tertiary/aromatic N) is 6. The first kappa shape index (κ1) is 31.9. The maximum atomic E-state index is 15.1. The number of hydrogen-bond acceptors (Lipinski definition) is 7. The summed E-state index contributed by atoms with van der Waals surface area (Å²) < 4.78 is 18.5. The number of pyridine rings is 1. The molecule has 0 spiro atoms. The van der Waals surface area contributed by atoms with E-state index in [-0.39, 0.29) is 47.2 Å². The van der Waals surface area contributed by atoms with Gasteiger partial charge in [0, 0.05) is 73.6 Å². The highest BCUT2D eigenvalue weighted by Crippen LogP contribution is 2.38. The summed E-state index contributed by atoms with van der Waals surface area (Å²) in [6.07, 6.45) is 7.70. The SMILES string of the molecule is CCn1ccc2c(=O)n(CC3(O)CCN(C(=O)[C@@H]4CCN(C(=O)c5sc(-c6cccnc6)cc5F)C[C@H]4c4ccccc4)CC3)cnc21. The molecule has 12 heteroatoms. The van der Waals surface area contributed by atoms with Gasteiger partial charge >= 0.3 is 0 Å². The number of carbonyl (C=O) groups is 2. The number of rotatable bonds is 7. The third-order valence-electron chi connectivity index (χ3n) is 9.83. The van der Waals surface area contributed by atoms with Crippen molar-refractivity contribution in [1.82, 2.24) is 28.9 Å². The first-order valence-electron chi connectivity index (χ1n) is 16.3. The Morgan fingerprint density at radius 1 is 1.04 bits per heavy atom. The fraction of sp³-hybridized carbons (Fsp3) is 0.361. The van der Waals surface area contributed by atoms with E-state index >= 15 is 4.39 Å². The fourth-order valence-corrected chi connectivity index (χ4v) is 8.10. The standard InChI is InChI=1S/C36H37FN6O4S/c1-2-40-15-11-27-32(40)39-23-43(34(27)45)22-36(47)12-17-41(18-13-36)33(44)26-10-16-42(21-28(26)24-7-4-3-5-8-24)35(46)31-29(37)19-30(48-31)25-9-6-14-38-20-25/h3-9,11,14-15,19-20,23,26,28,47H,2,10,12-13,16-18,21-22H2,1H3/t26-,28+/m1/s1. The Kier molecular flexibility index (Phi) is 8.69. The highest BCUT2D eigenvalue weighted by atomic mass is 32.1. The minimum absolute atomic E-state index is 0.0136. The summed E-state index contributed by atoms with van der Waals surface area (Å²) in [6.45, 7) is 4.11. The van der Waals surface area contributed by atoms with Gasteiger partial charge in [0.2, 0.25) is 5.91 Å². The van der Waals surface area contributed by atoms with E-state index in [4.69, 9.17) is 0 Å². The van der Waals surface area contributed by atoms with Gasteiger partial charge in [-0.25, -0.2) is 9.37 Å². The third-order valence-corrected chi connectivity index (χ3v) is 11.0. The van der Waals surface area contributed by atoms with Crippen molar-refractivity contribution < 1.29 is 19.1 Å². The van der Waals surface area contributed by atoms with Gasteiger partial charge in [-0.05, 0) is 49.9 Å². The van der Waals surface area contributed by atoms with E-state index in [9.17, 15) is 19.5 Å². The van der Waals surface area contributed by atoms with Crippen molar-refractivity contribution in [3.63, 3.8) is 0 Å². The molecular weight excluding hydrogens is 631 g/mol. The lowest BCUT2D eigenvalue weighted by Gasteiger charge is -2.43. The number of carbonyl (C=O) groups excluding carboxylic acids is 2. The van der Waals surface area contributed by atoms with Crippen LogP contribution < -0.4 is 5.56 Å². The minimum atomic E-state index is -1.16. The number of likely N-dealkylation sites (tertiary alicyclic amines) is 2. The van der Waals surface area contributed by atoms with Crippen LogP contribution in [0.15, 0.2) is 84.3 Å². The molecule has 48 heavy (non-hydrogen) atoms. The first-order chi connectivity index (χ1) is 23.2. The van der Waals surface area contributed by atoms with Crippen molar-refractivity contribution >= 4 is 34.2 Å². The third kappa shape index (κ3) is 6.06. The second-order valence-electron chi connectivity index (χ2n) is 12.8. The molecule has 0 bridgehead atoms. The molecular formula is C36H37FN6O4S. The Bertz CT molecular complexity index is 2000. The van der Waals surface area contributed by atoms with Crippen LogP contribution in [0.4, 0.5) is 4.39 Å². The van der Waals surface area contributed by atoms with E-state index < -0.39 is 11.4 Å². The van der Waals surface area contributed by atoms with Crippen LogP contribution in [0.3, 0.4) is 0 Å². The van der Waals surface area contributed by atoms with Crippen LogP contribution in [-0.2, 0) is 17.9 Å². The monoisotopic (exact) mass is 668 g/mol. The lowest BCUT2D eigenvalue weighted by atomic mass is 9.79. The predicted octanol–water partition coefficient (Wildman–Crippen LogP) is 4.78. The van der Waals surface area contributed by atoms with Crippen LogP contribution in [0.5, 0.6) is 0 Å². The largest absolute Gasteiger partial charge is 0.388 e.